The molecule has 1 saturated heterocycles. The second kappa shape index (κ2) is 7.59. The summed E-state index contributed by atoms with van der Waals surface area (Å²) in [5.74, 6) is 2.27. The third-order valence-corrected chi connectivity index (χ3v) is 5.59. The molecule has 1 amide bonds. The van der Waals surface area contributed by atoms with Crippen molar-refractivity contribution in [1.29, 1.82) is 0 Å². The van der Waals surface area contributed by atoms with Crippen LogP contribution in [0.5, 0.6) is 0 Å². The predicted molar refractivity (Wildman–Crippen MR) is 85.1 cm³/mol. The number of carbonyl (C=O) groups is 1. The van der Waals surface area contributed by atoms with Crippen LogP contribution in [-0.2, 0) is 4.79 Å². The highest BCUT2D eigenvalue weighted by atomic mass is 16.2. The lowest BCUT2D eigenvalue weighted by molar-refractivity contribution is -0.122. The Morgan fingerprint density at radius 3 is 2.67 bits per heavy atom. The lowest BCUT2D eigenvalue weighted by Crippen LogP contribution is -2.44. The van der Waals surface area contributed by atoms with Crippen LogP contribution >= 0.6 is 0 Å². The smallest absolute Gasteiger partial charge is 0.223 e. The Kier molecular flexibility index (Phi) is 5.53. The fourth-order valence-corrected chi connectivity index (χ4v) is 4.18. The zero-order chi connectivity index (χ0) is 14.5. The van der Waals surface area contributed by atoms with E-state index in [9.17, 15) is 4.79 Å². The highest BCUT2D eigenvalue weighted by molar-refractivity contribution is 5.81. The molecule has 2 saturated carbocycles. The molecule has 0 spiro atoms. The van der Waals surface area contributed by atoms with Gasteiger partial charge in [-0.15, -0.1) is 0 Å². The molecular weight excluding hydrogens is 262 g/mol. The minimum atomic E-state index is 0.339. The molecule has 1 heterocycles. The molecule has 2 unspecified atom stereocenters. The first kappa shape index (κ1) is 15.3. The zero-order valence-corrected chi connectivity index (χ0v) is 13.3. The molecule has 0 radical (unpaired) electrons. The Morgan fingerprint density at radius 1 is 1.14 bits per heavy atom. The Hall–Kier alpha value is -0.610. The zero-order valence-electron chi connectivity index (χ0n) is 13.3. The summed E-state index contributed by atoms with van der Waals surface area (Å²) in [4.78, 5) is 14.7. The molecule has 3 rings (SSSR count). The topological polar surface area (TPSA) is 44.4 Å². The fourth-order valence-electron chi connectivity index (χ4n) is 4.18. The van der Waals surface area contributed by atoms with Crippen molar-refractivity contribution in [3.05, 3.63) is 0 Å². The molecule has 0 aromatic carbocycles. The lowest BCUT2D eigenvalue weighted by Gasteiger charge is -2.27. The molecule has 4 nitrogen and oxygen atoms in total. The summed E-state index contributed by atoms with van der Waals surface area (Å²) in [6, 6.07) is 0. The normalized spacial score (nSPS) is 31.0. The highest BCUT2D eigenvalue weighted by Crippen LogP contribution is 2.49. The van der Waals surface area contributed by atoms with E-state index in [0.29, 0.717) is 11.8 Å². The largest absolute Gasteiger partial charge is 0.356 e. The minimum absolute atomic E-state index is 0.339. The van der Waals surface area contributed by atoms with Gasteiger partial charge in [0.2, 0.25) is 5.91 Å². The first-order valence-corrected chi connectivity index (χ1v) is 9.05. The molecule has 2 aliphatic carbocycles. The molecule has 3 aliphatic rings. The number of nitrogens with one attached hydrogen (secondary N) is 2. The quantitative estimate of drug-likeness (QED) is 0.731. The van der Waals surface area contributed by atoms with Crippen LogP contribution in [0.1, 0.15) is 44.9 Å². The lowest BCUT2D eigenvalue weighted by atomic mass is 9.85. The van der Waals surface area contributed by atoms with Gasteiger partial charge in [-0.25, -0.2) is 0 Å². The summed E-state index contributed by atoms with van der Waals surface area (Å²) in [5.41, 5.74) is 0. The van der Waals surface area contributed by atoms with Gasteiger partial charge in [0.15, 0.2) is 0 Å². The van der Waals surface area contributed by atoms with Gasteiger partial charge in [-0.2, -0.15) is 0 Å². The molecule has 2 atom stereocenters. The molecular formula is C17H31N3O. The summed E-state index contributed by atoms with van der Waals surface area (Å²) < 4.78 is 0. The van der Waals surface area contributed by atoms with Crippen LogP contribution in [0, 0.1) is 17.8 Å². The number of rotatable bonds is 6. The molecule has 3 fully saturated rings. The van der Waals surface area contributed by atoms with Gasteiger partial charge in [-0.3, -0.25) is 4.79 Å². The summed E-state index contributed by atoms with van der Waals surface area (Å²) in [6.07, 6.45) is 9.18. The highest BCUT2D eigenvalue weighted by Gasteiger charge is 2.47. The summed E-state index contributed by atoms with van der Waals surface area (Å²) in [6.45, 7) is 6.50. The number of hydrogen-bond donors (Lipinski definition) is 2. The maximum Gasteiger partial charge on any atom is 0.223 e. The van der Waals surface area contributed by atoms with E-state index in [4.69, 9.17) is 0 Å². The van der Waals surface area contributed by atoms with Crippen LogP contribution in [0.3, 0.4) is 0 Å². The van der Waals surface area contributed by atoms with Crippen LogP contribution in [0.4, 0.5) is 0 Å². The van der Waals surface area contributed by atoms with Crippen LogP contribution in [-0.4, -0.2) is 50.1 Å². The molecule has 0 bridgehead atoms. The van der Waals surface area contributed by atoms with Crippen LogP contribution in [0.25, 0.3) is 0 Å². The number of nitrogens with zero attached hydrogens (tertiary/aromatic N) is 1. The molecule has 1 aliphatic heterocycles. The summed E-state index contributed by atoms with van der Waals surface area (Å²) in [7, 11) is 0. The van der Waals surface area contributed by atoms with Crippen molar-refractivity contribution < 1.29 is 4.79 Å². The third-order valence-electron chi connectivity index (χ3n) is 5.59. The fraction of sp³-hybridized carbons (Fsp3) is 0.941. The van der Waals surface area contributed by atoms with Gasteiger partial charge < -0.3 is 15.5 Å². The van der Waals surface area contributed by atoms with Crippen LogP contribution in [0.2, 0.25) is 0 Å². The Bertz CT molecular complexity index is 335. The Balaban J connectivity index is 1.27. The van der Waals surface area contributed by atoms with E-state index in [1.807, 2.05) is 0 Å². The van der Waals surface area contributed by atoms with E-state index in [0.717, 1.165) is 63.9 Å². The van der Waals surface area contributed by atoms with Crippen molar-refractivity contribution in [2.45, 2.75) is 44.9 Å². The molecule has 4 heteroatoms. The molecule has 120 valence electrons. The van der Waals surface area contributed by atoms with E-state index in [2.05, 4.69) is 15.5 Å². The Labute approximate surface area is 129 Å². The van der Waals surface area contributed by atoms with Crippen molar-refractivity contribution in [3.8, 4) is 0 Å². The SMILES string of the molecule is O=C(NCCCN1CCNCC1)C1CC1C1CCCCC1. The van der Waals surface area contributed by atoms with Gasteiger partial charge >= 0.3 is 0 Å². The molecule has 0 aromatic rings. The van der Waals surface area contributed by atoms with Crippen molar-refractivity contribution >= 4 is 5.91 Å². The van der Waals surface area contributed by atoms with E-state index < -0.39 is 0 Å². The van der Waals surface area contributed by atoms with Crippen molar-refractivity contribution in [1.82, 2.24) is 15.5 Å². The van der Waals surface area contributed by atoms with Crippen LogP contribution < -0.4 is 10.6 Å². The summed E-state index contributed by atoms with van der Waals surface area (Å²) >= 11 is 0. The first-order chi connectivity index (χ1) is 10.3. The number of amides is 1. The second-order valence-corrected chi connectivity index (χ2v) is 7.14. The van der Waals surface area contributed by atoms with E-state index in [1.165, 1.54) is 32.1 Å². The third kappa shape index (κ3) is 4.43. The Morgan fingerprint density at radius 2 is 1.90 bits per heavy atom. The molecule has 0 aromatic heterocycles. The predicted octanol–water partition coefficient (Wildman–Crippen LogP) is 1.61. The number of hydrogen-bond acceptors (Lipinski definition) is 3. The second-order valence-electron chi connectivity index (χ2n) is 7.14. The minimum Gasteiger partial charge on any atom is -0.356 e. The molecule has 2 N–H and O–H groups in total. The van der Waals surface area contributed by atoms with Crippen molar-refractivity contribution in [3.63, 3.8) is 0 Å². The standard InChI is InChI=1S/C17H31N3O/c21-17(16-13-15(16)14-5-2-1-3-6-14)19-7-4-10-20-11-8-18-9-12-20/h14-16,18H,1-13H2,(H,19,21). The van der Waals surface area contributed by atoms with Gasteiger partial charge in [0.25, 0.3) is 0 Å². The van der Waals surface area contributed by atoms with E-state index >= 15 is 0 Å². The summed E-state index contributed by atoms with van der Waals surface area (Å²) in [5, 5.41) is 6.54. The molecule has 21 heavy (non-hydrogen) atoms. The monoisotopic (exact) mass is 293 g/mol. The van der Waals surface area contributed by atoms with E-state index in [-0.39, 0.29) is 0 Å². The number of carbonyl (C=O) groups excluding carboxylic acids is 1. The van der Waals surface area contributed by atoms with Gasteiger partial charge in [-0.1, -0.05) is 32.1 Å². The average molecular weight is 293 g/mol. The van der Waals surface area contributed by atoms with Gasteiger partial charge in [0, 0.05) is 38.6 Å². The first-order valence-electron chi connectivity index (χ1n) is 9.05. The average Bonchev–Trinajstić information content (AvgIpc) is 3.34. The van der Waals surface area contributed by atoms with Gasteiger partial charge in [0.05, 0.1) is 0 Å². The van der Waals surface area contributed by atoms with Gasteiger partial charge in [0.1, 0.15) is 0 Å². The van der Waals surface area contributed by atoms with Crippen molar-refractivity contribution in [2.24, 2.45) is 17.8 Å². The van der Waals surface area contributed by atoms with E-state index in [1.54, 1.807) is 0 Å². The van der Waals surface area contributed by atoms with Crippen LogP contribution in [0.15, 0.2) is 0 Å². The van der Waals surface area contributed by atoms with Gasteiger partial charge in [-0.05, 0) is 31.2 Å². The maximum absolute atomic E-state index is 12.2. The maximum atomic E-state index is 12.2. The number of piperazine rings is 1. The van der Waals surface area contributed by atoms with Crippen molar-refractivity contribution in [2.75, 3.05) is 39.3 Å².